The molecule has 0 spiro atoms. The second kappa shape index (κ2) is 76.1. The van der Waals surface area contributed by atoms with Crippen molar-refractivity contribution in [1.82, 2.24) is 0 Å². The lowest BCUT2D eigenvalue weighted by Crippen LogP contribution is -2.05. The van der Waals surface area contributed by atoms with Gasteiger partial charge in [0.2, 0.25) is 0 Å². The third-order valence-corrected chi connectivity index (χ3v) is 14.4. The third-order valence-electron chi connectivity index (χ3n) is 14.4. The number of carbonyl (C=O) groups is 5. The number of ether oxygens (including phenoxy) is 5. The highest BCUT2D eigenvalue weighted by molar-refractivity contribution is 5.88. The van der Waals surface area contributed by atoms with Gasteiger partial charge in [-0.1, -0.05) is 330 Å². The maximum Gasteiger partial charge on any atom is 0.333 e. The van der Waals surface area contributed by atoms with E-state index < -0.39 is 0 Å². The van der Waals surface area contributed by atoms with E-state index in [2.05, 4.69) is 65.3 Å². The molecule has 0 saturated heterocycles. The number of carbonyl (C=O) groups excluding carboxylic acids is 5. The summed E-state index contributed by atoms with van der Waals surface area (Å²) in [5.74, 6) is -1.37. The fourth-order valence-electron chi connectivity index (χ4n) is 8.75. The van der Waals surface area contributed by atoms with Gasteiger partial charge in [0, 0.05) is 27.9 Å². The second-order valence-electron chi connectivity index (χ2n) is 23.8. The Hall–Kier alpha value is -3.95. The average Bonchev–Trinajstić information content (AvgIpc) is 3.48. The molecule has 500 valence electrons. The first kappa shape index (κ1) is 89.8. The second-order valence-corrected chi connectivity index (χ2v) is 23.8. The summed E-state index contributed by atoms with van der Waals surface area (Å²) in [7, 11) is 1.33. The summed E-state index contributed by atoms with van der Waals surface area (Å²) in [5.41, 5.74) is 2.39. The molecule has 0 aliphatic rings. The predicted octanol–water partition coefficient (Wildman–Crippen LogP) is 23.2. The van der Waals surface area contributed by atoms with Gasteiger partial charge in [-0.2, -0.15) is 0 Å². The van der Waals surface area contributed by atoms with Crippen LogP contribution in [-0.4, -0.2) is 63.4 Å². The van der Waals surface area contributed by atoms with Crippen molar-refractivity contribution in [3.8, 4) is 0 Å². The number of methoxy groups -OCH3 is 1. The van der Waals surface area contributed by atoms with Gasteiger partial charge in [0.15, 0.2) is 0 Å². The standard InChI is InChI=1S/C19H36O2.C18H34O2.C17H32O2.C16H30O2.C5H8O2/c1-4-5-6-7-8-9-10-11-12-13-14-15-16-17-21-19(20)18(2)3;1-4-5-6-7-8-9-10-11-12-13-14-15-16-20-18(19)17(2)3;1-4-5-6-7-8-9-10-11-12-13-14-15-19-17(18)16(2)3;1-4-5-6-7-8-9-10-11-12-13-14-18-16(17)15(2)3;1-4(2)5(6)7-3/h2,4-17H2,1,3H3;2,4-16H2,1,3H3;2,4-15H2,1,3H3;2,4-14H2,1,3H3;1H2,2-3H3. The van der Waals surface area contributed by atoms with Crippen LogP contribution in [0.3, 0.4) is 0 Å². The lowest BCUT2D eigenvalue weighted by Gasteiger charge is -2.04. The first-order valence-electron chi connectivity index (χ1n) is 35.0. The molecular weight excluding hydrogens is 1060 g/mol. The lowest BCUT2D eigenvalue weighted by molar-refractivity contribution is -0.139. The highest BCUT2D eigenvalue weighted by Gasteiger charge is 2.06. The Bertz CT molecular complexity index is 1580. The highest BCUT2D eigenvalue weighted by Crippen LogP contribution is 2.16. The van der Waals surface area contributed by atoms with Crippen molar-refractivity contribution in [2.45, 2.75) is 358 Å². The molecule has 0 fully saturated rings. The Labute approximate surface area is 527 Å². The van der Waals surface area contributed by atoms with Gasteiger partial charge in [0.1, 0.15) is 0 Å². The van der Waals surface area contributed by atoms with E-state index in [-0.39, 0.29) is 29.8 Å². The molecule has 0 unspecified atom stereocenters. The molecule has 0 N–H and O–H groups in total. The van der Waals surface area contributed by atoms with Crippen molar-refractivity contribution in [2.75, 3.05) is 33.5 Å². The number of hydrogen-bond donors (Lipinski definition) is 0. The van der Waals surface area contributed by atoms with E-state index in [1.807, 2.05) is 0 Å². The Balaban J connectivity index is -0.000000322. The van der Waals surface area contributed by atoms with Crippen LogP contribution in [0.2, 0.25) is 0 Å². The molecule has 0 aromatic carbocycles. The Morgan fingerprint density at radius 1 is 0.212 bits per heavy atom. The minimum absolute atomic E-state index is 0.256. The van der Waals surface area contributed by atoms with Crippen molar-refractivity contribution < 1.29 is 47.7 Å². The molecule has 0 atom stereocenters. The van der Waals surface area contributed by atoms with Gasteiger partial charge in [-0.05, 0) is 60.3 Å². The van der Waals surface area contributed by atoms with Crippen molar-refractivity contribution in [3.05, 3.63) is 60.8 Å². The SMILES string of the molecule is C=C(C)C(=O)OC.C=C(C)C(=O)OCCCCCCCCCCCC.C=C(C)C(=O)OCCCCCCCCCCCCC.C=C(C)C(=O)OCCCCCCCCCCCCCC.C=C(C)C(=O)OCCCCCCCCCCCCCCC. The summed E-state index contributed by atoms with van der Waals surface area (Å²) < 4.78 is 24.5. The van der Waals surface area contributed by atoms with Gasteiger partial charge in [0.05, 0.1) is 33.5 Å². The number of unbranched alkanes of at least 4 members (excludes halogenated alkanes) is 42. The van der Waals surface area contributed by atoms with Crippen LogP contribution in [0, 0.1) is 0 Å². The maximum absolute atomic E-state index is 11.1. The molecule has 0 aliphatic heterocycles. The van der Waals surface area contributed by atoms with E-state index >= 15 is 0 Å². The van der Waals surface area contributed by atoms with Crippen LogP contribution >= 0.6 is 0 Å². The quantitative estimate of drug-likeness (QED) is 0.0251. The fourth-order valence-corrected chi connectivity index (χ4v) is 8.75. The minimum atomic E-state index is -0.347. The Morgan fingerprint density at radius 3 is 0.424 bits per heavy atom. The van der Waals surface area contributed by atoms with Crippen molar-refractivity contribution >= 4 is 29.8 Å². The maximum atomic E-state index is 11.1. The molecule has 0 aliphatic carbocycles. The van der Waals surface area contributed by atoms with Crippen molar-refractivity contribution in [2.24, 2.45) is 0 Å². The van der Waals surface area contributed by atoms with Gasteiger partial charge >= 0.3 is 29.8 Å². The zero-order chi connectivity index (χ0) is 64.7. The minimum Gasteiger partial charge on any atom is -0.466 e. The molecule has 0 rings (SSSR count). The fraction of sp³-hybridized carbons (Fsp3) is 0.800. The first-order valence-corrected chi connectivity index (χ1v) is 35.0. The number of rotatable bonds is 55. The monoisotopic (exact) mass is 1200 g/mol. The number of hydrogen-bond acceptors (Lipinski definition) is 10. The van der Waals surface area contributed by atoms with Crippen LogP contribution in [-0.2, 0) is 47.7 Å². The van der Waals surface area contributed by atoms with Gasteiger partial charge in [-0.25, -0.2) is 24.0 Å². The summed E-state index contributed by atoms with van der Waals surface area (Å²) in [5, 5.41) is 0. The summed E-state index contributed by atoms with van der Waals surface area (Å²) in [4.78, 5) is 54.6. The molecule has 0 radical (unpaired) electrons. The van der Waals surface area contributed by atoms with E-state index in [0.717, 1.165) is 25.7 Å². The highest BCUT2D eigenvalue weighted by atomic mass is 16.5. The van der Waals surface area contributed by atoms with E-state index in [0.29, 0.717) is 54.3 Å². The molecule has 85 heavy (non-hydrogen) atoms. The lowest BCUT2D eigenvalue weighted by atomic mass is 10.0. The van der Waals surface area contributed by atoms with Gasteiger partial charge in [-0.15, -0.1) is 0 Å². The zero-order valence-electron chi connectivity index (χ0n) is 58.0. The van der Waals surface area contributed by atoms with Crippen LogP contribution in [0.5, 0.6) is 0 Å². The molecule has 0 aromatic heterocycles. The summed E-state index contributed by atoms with van der Waals surface area (Å²) in [6.45, 7) is 37.1. The van der Waals surface area contributed by atoms with Gasteiger partial charge < -0.3 is 23.7 Å². The van der Waals surface area contributed by atoms with Crippen LogP contribution in [0.1, 0.15) is 358 Å². The normalized spacial score (nSPS) is 10.2. The molecule has 0 amide bonds. The van der Waals surface area contributed by atoms with Crippen LogP contribution < -0.4 is 0 Å². The predicted molar refractivity (Wildman–Crippen MR) is 365 cm³/mol. The first-order chi connectivity index (χ1) is 40.9. The smallest absolute Gasteiger partial charge is 0.333 e. The molecular formula is C75H140O10. The topological polar surface area (TPSA) is 132 Å². The molecule has 0 bridgehead atoms. The molecule has 0 aromatic rings. The molecule has 10 nitrogen and oxygen atoms in total. The van der Waals surface area contributed by atoms with E-state index in [1.54, 1.807) is 34.6 Å². The van der Waals surface area contributed by atoms with E-state index in [9.17, 15) is 24.0 Å². The third kappa shape index (κ3) is 84.3. The average molecular weight is 1200 g/mol. The van der Waals surface area contributed by atoms with Crippen LogP contribution in [0.4, 0.5) is 0 Å². The van der Waals surface area contributed by atoms with Crippen molar-refractivity contribution in [3.63, 3.8) is 0 Å². The summed E-state index contributed by atoms with van der Waals surface area (Å²) >= 11 is 0. The van der Waals surface area contributed by atoms with Crippen molar-refractivity contribution in [1.29, 1.82) is 0 Å². The van der Waals surface area contributed by atoms with Crippen LogP contribution in [0.25, 0.3) is 0 Å². The van der Waals surface area contributed by atoms with E-state index in [4.69, 9.17) is 18.9 Å². The van der Waals surface area contributed by atoms with Gasteiger partial charge in [0.25, 0.3) is 0 Å². The van der Waals surface area contributed by atoms with E-state index in [1.165, 1.54) is 277 Å². The zero-order valence-corrected chi connectivity index (χ0v) is 58.0. The Kier molecular flexibility index (Phi) is 80.4. The molecule has 0 heterocycles. The number of esters is 5. The Morgan fingerprint density at radius 2 is 0.329 bits per heavy atom. The summed E-state index contributed by atoms with van der Waals surface area (Å²) in [6, 6.07) is 0. The largest absolute Gasteiger partial charge is 0.466 e. The molecule has 0 saturated carbocycles. The summed E-state index contributed by atoms with van der Waals surface area (Å²) in [6.07, 6.45) is 60.6. The molecule has 10 heteroatoms. The van der Waals surface area contributed by atoms with Crippen LogP contribution in [0.15, 0.2) is 60.8 Å². The van der Waals surface area contributed by atoms with Gasteiger partial charge in [-0.3, -0.25) is 0 Å².